The molecule has 0 spiro atoms. The van der Waals surface area contributed by atoms with Gasteiger partial charge in [0.25, 0.3) is 11.6 Å². The van der Waals surface area contributed by atoms with Gasteiger partial charge in [0.05, 0.1) is 4.92 Å². The average molecular weight is 485 g/mol. The van der Waals surface area contributed by atoms with Crippen molar-refractivity contribution in [2.75, 3.05) is 5.32 Å². The summed E-state index contributed by atoms with van der Waals surface area (Å²) in [6.07, 6.45) is -21.4. The number of hydrogen-bond acceptors (Lipinski definition) is 4. The maximum atomic E-state index is 14.1. The molecular weight excluding hydrogens is 481 g/mol. The molecule has 170 valence electrons. The Morgan fingerprint density at radius 3 is 1.87 bits per heavy atom. The molecule has 0 heterocycles. The summed E-state index contributed by atoms with van der Waals surface area (Å²) in [6, 6.07) is 1.47. The van der Waals surface area contributed by atoms with Crippen LogP contribution in [0.25, 0.3) is 0 Å². The SMILES string of the molecule is O=C(Nc1ccc(Cl)cc1[N+](=O)[O-])[C@@](F)(OC(F)(F)C(F)(F)C(F)(F)F)C(F)(F)F. The standard InChI is InChI=1S/C12H4ClF11N2O4/c13-4-1-2-5(6(3-4)26(28)29)25-7(27)8(14,10(17,18)19)30-12(23,24)9(15,16)11(20,21)22/h1-3H,(H,25,27)/t8-/m1/s1. The molecule has 0 saturated heterocycles. The van der Waals surface area contributed by atoms with Gasteiger partial charge < -0.3 is 5.32 Å². The highest BCUT2D eigenvalue weighted by molar-refractivity contribution is 6.31. The maximum Gasteiger partial charge on any atom is 0.462 e. The minimum atomic E-state index is -7.37. The normalized spacial score (nSPS) is 15.5. The molecule has 1 aromatic carbocycles. The summed E-state index contributed by atoms with van der Waals surface area (Å²) in [7, 11) is 0. The van der Waals surface area contributed by atoms with Crippen LogP contribution in [0.1, 0.15) is 0 Å². The first-order valence-corrected chi connectivity index (χ1v) is 7.08. The molecule has 0 bridgehead atoms. The van der Waals surface area contributed by atoms with E-state index in [2.05, 4.69) is 0 Å². The summed E-state index contributed by atoms with van der Waals surface area (Å²) in [6.45, 7) is 0. The lowest BCUT2D eigenvalue weighted by Gasteiger charge is -2.34. The molecule has 1 atom stereocenters. The van der Waals surface area contributed by atoms with E-state index in [1.807, 2.05) is 4.74 Å². The zero-order valence-electron chi connectivity index (χ0n) is 13.3. The van der Waals surface area contributed by atoms with Gasteiger partial charge in [-0.2, -0.15) is 48.3 Å². The lowest BCUT2D eigenvalue weighted by atomic mass is 10.2. The van der Waals surface area contributed by atoms with Crippen LogP contribution >= 0.6 is 11.6 Å². The van der Waals surface area contributed by atoms with E-state index in [4.69, 9.17) is 11.6 Å². The Kier molecular flexibility index (Phi) is 6.55. The highest BCUT2D eigenvalue weighted by atomic mass is 35.5. The minimum absolute atomic E-state index is 0.387. The summed E-state index contributed by atoms with van der Waals surface area (Å²) in [4.78, 5) is 20.9. The number of benzene rings is 1. The van der Waals surface area contributed by atoms with E-state index >= 15 is 0 Å². The van der Waals surface area contributed by atoms with Crippen LogP contribution in [-0.2, 0) is 9.53 Å². The molecule has 0 radical (unpaired) electrons. The highest BCUT2D eigenvalue weighted by Crippen LogP contribution is 2.51. The number of nitrogens with one attached hydrogen (secondary N) is 1. The summed E-state index contributed by atoms with van der Waals surface area (Å²) < 4.78 is 142. The number of anilines is 1. The molecule has 0 aliphatic heterocycles. The summed E-state index contributed by atoms with van der Waals surface area (Å²) in [5.74, 6) is -17.3. The van der Waals surface area contributed by atoms with E-state index in [0.717, 1.165) is 5.32 Å². The van der Waals surface area contributed by atoms with Gasteiger partial charge in [0, 0.05) is 11.1 Å². The van der Waals surface area contributed by atoms with Crippen molar-refractivity contribution in [2.45, 2.75) is 30.2 Å². The fraction of sp³-hybridized carbons (Fsp3) is 0.417. The Morgan fingerprint density at radius 1 is 0.967 bits per heavy atom. The van der Waals surface area contributed by atoms with Gasteiger partial charge in [-0.05, 0) is 12.1 Å². The fourth-order valence-corrected chi connectivity index (χ4v) is 1.77. The molecule has 0 saturated carbocycles. The molecule has 30 heavy (non-hydrogen) atoms. The topological polar surface area (TPSA) is 81.5 Å². The van der Waals surface area contributed by atoms with Crippen molar-refractivity contribution in [1.82, 2.24) is 0 Å². The average Bonchev–Trinajstić information content (AvgIpc) is 2.53. The number of carbonyl (C=O) groups excluding carboxylic acids is 1. The molecule has 0 unspecified atom stereocenters. The third-order valence-electron chi connectivity index (χ3n) is 3.05. The number of carbonyl (C=O) groups is 1. The molecule has 0 aliphatic carbocycles. The van der Waals surface area contributed by atoms with Crippen LogP contribution in [0.15, 0.2) is 18.2 Å². The van der Waals surface area contributed by atoms with Crippen molar-refractivity contribution in [2.24, 2.45) is 0 Å². The zero-order valence-corrected chi connectivity index (χ0v) is 14.1. The fourth-order valence-electron chi connectivity index (χ4n) is 1.60. The Balaban J connectivity index is 3.44. The van der Waals surface area contributed by atoms with E-state index in [9.17, 15) is 63.2 Å². The van der Waals surface area contributed by atoms with Gasteiger partial charge in [-0.3, -0.25) is 19.6 Å². The van der Waals surface area contributed by atoms with Gasteiger partial charge in [0.1, 0.15) is 5.69 Å². The summed E-state index contributed by atoms with van der Waals surface area (Å²) in [5.41, 5.74) is -2.62. The van der Waals surface area contributed by atoms with Gasteiger partial charge in [-0.25, -0.2) is 0 Å². The number of amides is 1. The minimum Gasteiger partial charge on any atom is -0.315 e. The quantitative estimate of drug-likeness (QED) is 0.341. The summed E-state index contributed by atoms with van der Waals surface area (Å²) >= 11 is 5.36. The molecule has 1 amide bonds. The van der Waals surface area contributed by atoms with Crippen LogP contribution in [0.2, 0.25) is 5.02 Å². The maximum absolute atomic E-state index is 14.1. The number of nitrogens with zero attached hydrogens (tertiary/aromatic N) is 1. The molecule has 0 aromatic heterocycles. The Labute approximate surface area is 161 Å². The lowest BCUT2D eigenvalue weighted by Crippen LogP contribution is -2.62. The molecule has 18 heteroatoms. The zero-order chi connectivity index (χ0) is 23.9. The first kappa shape index (κ1) is 25.6. The largest absolute Gasteiger partial charge is 0.462 e. The van der Waals surface area contributed by atoms with Crippen molar-refractivity contribution < 1.29 is 62.7 Å². The van der Waals surface area contributed by atoms with Crippen molar-refractivity contribution in [3.63, 3.8) is 0 Å². The Bertz CT molecular complexity index is 842. The van der Waals surface area contributed by atoms with Crippen LogP contribution in [0, 0.1) is 10.1 Å². The second-order valence-corrected chi connectivity index (χ2v) is 5.59. The molecule has 0 fully saturated rings. The lowest BCUT2D eigenvalue weighted by molar-refractivity contribution is -0.472. The molecule has 1 rings (SSSR count). The molecule has 1 N–H and O–H groups in total. The van der Waals surface area contributed by atoms with Gasteiger partial charge in [-0.15, -0.1) is 0 Å². The number of halogens is 12. The van der Waals surface area contributed by atoms with Gasteiger partial charge in [-0.1, -0.05) is 11.6 Å². The van der Waals surface area contributed by atoms with Crippen molar-refractivity contribution in [3.05, 3.63) is 33.3 Å². The molecular formula is C12H4ClF11N2O4. The molecule has 6 nitrogen and oxygen atoms in total. The number of ether oxygens (including phenoxy) is 1. The van der Waals surface area contributed by atoms with Crippen LogP contribution in [-0.4, -0.2) is 41.1 Å². The van der Waals surface area contributed by atoms with E-state index in [-0.39, 0.29) is 0 Å². The van der Waals surface area contributed by atoms with E-state index in [1.54, 1.807) is 0 Å². The van der Waals surface area contributed by atoms with E-state index < -0.39 is 57.5 Å². The second kappa shape index (κ2) is 7.68. The van der Waals surface area contributed by atoms with Crippen LogP contribution in [0.3, 0.4) is 0 Å². The monoisotopic (exact) mass is 484 g/mol. The smallest absolute Gasteiger partial charge is 0.315 e. The van der Waals surface area contributed by atoms with Crippen LogP contribution < -0.4 is 5.32 Å². The van der Waals surface area contributed by atoms with Crippen LogP contribution in [0.5, 0.6) is 0 Å². The van der Waals surface area contributed by atoms with Gasteiger partial charge in [0.2, 0.25) is 0 Å². The number of nitro groups is 1. The summed E-state index contributed by atoms with van der Waals surface area (Å²) in [5, 5.41) is 11.1. The molecule has 0 aliphatic rings. The van der Waals surface area contributed by atoms with Gasteiger partial charge in [0.15, 0.2) is 0 Å². The van der Waals surface area contributed by atoms with Gasteiger partial charge >= 0.3 is 30.2 Å². The Morgan fingerprint density at radius 2 is 1.47 bits per heavy atom. The van der Waals surface area contributed by atoms with Crippen molar-refractivity contribution in [1.29, 1.82) is 0 Å². The predicted octanol–water partition coefficient (Wildman–Crippen LogP) is 5.22. The molecule has 1 aromatic rings. The first-order chi connectivity index (χ1) is 13.2. The van der Waals surface area contributed by atoms with E-state index in [0.29, 0.717) is 18.2 Å². The van der Waals surface area contributed by atoms with Crippen molar-refractivity contribution in [3.8, 4) is 0 Å². The van der Waals surface area contributed by atoms with E-state index in [1.165, 1.54) is 0 Å². The van der Waals surface area contributed by atoms with Crippen LogP contribution in [0.4, 0.5) is 59.7 Å². The Hall–Kier alpha value is -2.43. The number of hydrogen-bond donors (Lipinski definition) is 1. The number of nitro benzene ring substituents is 1. The van der Waals surface area contributed by atoms with Crippen molar-refractivity contribution >= 4 is 28.9 Å². The highest BCUT2D eigenvalue weighted by Gasteiger charge is 2.79. The number of rotatable bonds is 6. The third kappa shape index (κ3) is 4.66. The predicted molar refractivity (Wildman–Crippen MR) is 73.7 cm³/mol. The second-order valence-electron chi connectivity index (χ2n) is 5.16. The number of alkyl halides is 11. The third-order valence-corrected chi connectivity index (χ3v) is 3.29. The first-order valence-electron chi connectivity index (χ1n) is 6.71.